The third-order valence-corrected chi connectivity index (χ3v) is 5.91. The van der Waals surface area contributed by atoms with Crippen molar-refractivity contribution >= 4 is 33.3 Å². The molecule has 0 aliphatic heterocycles. The summed E-state index contributed by atoms with van der Waals surface area (Å²) in [6.45, 7) is 2.94. The van der Waals surface area contributed by atoms with Crippen LogP contribution in [-0.2, 0) is 6.42 Å². The second-order valence-electron chi connectivity index (χ2n) is 7.58. The van der Waals surface area contributed by atoms with E-state index in [2.05, 4.69) is 47.6 Å². The zero-order valence-electron chi connectivity index (χ0n) is 17.4. The number of hydrogen-bond acceptors (Lipinski definition) is 5. The lowest BCUT2D eigenvalue weighted by Gasteiger charge is -2.13. The second kappa shape index (κ2) is 8.79. The summed E-state index contributed by atoms with van der Waals surface area (Å²) in [5.41, 5.74) is 3.42. The Morgan fingerprint density at radius 2 is 1.63 bits per heavy atom. The fourth-order valence-corrected chi connectivity index (χ4v) is 4.25. The zero-order chi connectivity index (χ0) is 21.1. The molecular weight excluding hydrogens is 395 g/mol. The van der Waals surface area contributed by atoms with Gasteiger partial charge in [0.05, 0.1) is 5.39 Å². The molecule has 0 spiro atoms. The van der Waals surface area contributed by atoms with Crippen LogP contribution >= 0.6 is 11.3 Å². The molecule has 2 aromatic heterocycles. The first-order chi connectivity index (χ1) is 14.5. The van der Waals surface area contributed by atoms with Crippen molar-refractivity contribution in [2.24, 2.45) is 0 Å². The Balaban J connectivity index is 1.37. The summed E-state index contributed by atoms with van der Waals surface area (Å²) >= 11 is 1.70. The summed E-state index contributed by atoms with van der Waals surface area (Å²) in [5, 5.41) is 4.59. The largest absolute Gasteiger partial charge is 0.369 e. The number of thiophene rings is 1. The van der Waals surface area contributed by atoms with Crippen LogP contribution in [0.15, 0.2) is 54.6 Å². The third kappa shape index (κ3) is 4.60. The minimum Gasteiger partial charge on any atom is -0.369 e. The number of nitrogens with zero attached hydrogens (tertiary/aromatic N) is 3. The van der Waals surface area contributed by atoms with E-state index < -0.39 is 0 Å². The number of aryl methyl sites for hydroxylation is 2. The van der Waals surface area contributed by atoms with E-state index in [-0.39, 0.29) is 5.82 Å². The third-order valence-electron chi connectivity index (χ3n) is 4.97. The summed E-state index contributed by atoms with van der Waals surface area (Å²) in [6.07, 6.45) is 1.98. The monoisotopic (exact) mass is 420 g/mol. The van der Waals surface area contributed by atoms with E-state index in [1.54, 1.807) is 11.3 Å². The van der Waals surface area contributed by atoms with Crippen molar-refractivity contribution in [3.63, 3.8) is 0 Å². The van der Waals surface area contributed by atoms with E-state index in [9.17, 15) is 4.39 Å². The molecule has 0 aliphatic rings. The maximum atomic E-state index is 13.1. The highest BCUT2D eigenvalue weighted by Gasteiger charge is 2.11. The second-order valence-corrected chi connectivity index (χ2v) is 8.81. The van der Waals surface area contributed by atoms with Gasteiger partial charge in [-0.1, -0.05) is 36.4 Å². The highest BCUT2D eigenvalue weighted by atomic mass is 32.1. The zero-order valence-corrected chi connectivity index (χ0v) is 18.3. The number of halogens is 1. The topological polar surface area (TPSA) is 41.1 Å². The highest BCUT2D eigenvalue weighted by molar-refractivity contribution is 7.18. The maximum absolute atomic E-state index is 13.1. The standard InChI is InChI=1S/C24H25FN4S/c1-16-15-21-22(27-24(29(2)3)28-23(21)30-16)26-14-4-5-17-6-8-18(9-7-17)19-10-12-20(25)13-11-19/h6-13,15H,4-5,14H2,1-3H3,(H,26,27,28). The number of nitrogens with one attached hydrogen (secondary N) is 1. The maximum Gasteiger partial charge on any atom is 0.228 e. The molecule has 0 amide bonds. The van der Waals surface area contributed by atoms with E-state index in [1.807, 2.05) is 31.1 Å². The molecule has 1 N–H and O–H groups in total. The molecule has 0 atom stereocenters. The highest BCUT2D eigenvalue weighted by Crippen LogP contribution is 2.30. The summed E-state index contributed by atoms with van der Waals surface area (Å²) in [7, 11) is 3.92. The first-order valence-corrected chi connectivity index (χ1v) is 10.9. The lowest BCUT2D eigenvalue weighted by Crippen LogP contribution is -2.14. The molecule has 0 saturated heterocycles. The van der Waals surface area contributed by atoms with E-state index in [1.165, 1.54) is 22.6 Å². The molecule has 4 rings (SSSR count). The van der Waals surface area contributed by atoms with Gasteiger partial charge in [0.15, 0.2) is 0 Å². The number of fused-ring (bicyclic) bond motifs is 1. The first kappa shape index (κ1) is 20.3. The van der Waals surface area contributed by atoms with Crippen LogP contribution in [0, 0.1) is 12.7 Å². The van der Waals surface area contributed by atoms with Crippen LogP contribution in [0.1, 0.15) is 16.9 Å². The van der Waals surface area contributed by atoms with Gasteiger partial charge in [0.1, 0.15) is 16.5 Å². The average molecular weight is 421 g/mol. The van der Waals surface area contributed by atoms with Crippen molar-refractivity contribution in [3.05, 3.63) is 70.9 Å². The summed E-state index contributed by atoms with van der Waals surface area (Å²) < 4.78 is 13.1. The smallest absolute Gasteiger partial charge is 0.228 e. The summed E-state index contributed by atoms with van der Waals surface area (Å²) in [5.74, 6) is 1.42. The van der Waals surface area contributed by atoms with Crippen LogP contribution in [0.4, 0.5) is 16.2 Å². The molecule has 0 aliphatic carbocycles. The minimum atomic E-state index is -0.209. The van der Waals surface area contributed by atoms with Crippen molar-refractivity contribution in [1.82, 2.24) is 9.97 Å². The molecular formula is C24H25FN4S. The van der Waals surface area contributed by atoms with Gasteiger partial charge in [-0.2, -0.15) is 4.98 Å². The molecule has 0 bridgehead atoms. The molecule has 2 heterocycles. The van der Waals surface area contributed by atoms with E-state index in [4.69, 9.17) is 4.98 Å². The first-order valence-electron chi connectivity index (χ1n) is 10.0. The van der Waals surface area contributed by atoms with Crippen molar-refractivity contribution in [1.29, 1.82) is 0 Å². The van der Waals surface area contributed by atoms with E-state index in [0.29, 0.717) is 0 Å². The number of anilines is 2. The molecule has 6 heteroatoms. The summed E-state index contributed by atoms with van der Waals surface area (Å²) in [6, 6.07) is 17.3. The van der Waals surface area contributed by atoms with Gasteiger partial charge >= 0.3 is 0 Å². The molecule has 0 radical (unpaired) electrons. The van der Waals surface area contributed by atoms with Crippen LogP contribution in [0.3, 0.4) is 0 Å². The molecule has 2 aromatic carbocycles. The van der Waals surface area contributed by atoms with Gasteiger partial charge in [-0.15, -0.1) is 11.3 Å². The predicted octanol–water partition coefficient (Wildman–Crippen LogP) is 5.92. The van der Waals surface area contributed by atoms with E-state index in [0.717, 1.165) is 52.5 Å². The molecule has 4 aromatic rings. The van der Waals surface area contributed by atoms with Crippen molar-refractivity contribution in [2.75, 3.05) is 30.9 Å². The van der Waals surface area contributed by atoms with Crippen molar-refractivity contribution in [2.45, 2.75) is 19.8 Å². The molecule has 154 valence electrons. The lowest BCUT2D eigenvalue weighted by molar-refractivity contribution is 0.628. The lowest BCUT2D eigenvalue weighted by atomic mass is 10.0. The fourth-order valence-electron chi connectivity index (χ4n) is 3.37. The van der Waals surface area contributed by atoms with Crippen LogP contribution in [0.5, 0.6) is 0 Å². The van der Waals surface area contributed by atoms with Gasteiger partial charge < -0.3 is 10.2 Å². The van der Waals surface area contributed by atoms with Crippen LogP contribution < -0.4 is 10.2 Å². The predicted molar refractivity (Wildman–Crippen MR) is 125 cm³/mol. The Morgan fingerprint density at radius 1 is 0.967 bits per heavy atom. The van der Waals surface area contributed by atoms with Crippen LogP contribution in [0.2, 0.25) is 0 Å². The summed E-state index contributed by atoms with van der Waals surface area (Å²) in [4.78, 5) is 13.5. The molecule has 30 heavy (non-hydrogen) atoms. The van der Waals surface area contributed by atoms with Gasteiger partial charge in [0, 0.05) is 25.5 Å². The Morgan fingerprint density at radius 3 is 2.30 bits per heavy atom. The molecule has 0 unspecified atom stereocenters. The average Bonchev–Trinajstić information content (AvgIpc) is 3.12. The van der Waals surface area contributed by atoms with Gasteiger partial charge in [0.25, 0.3) is 0 Å². The number of hydrogen-bond donors (Lipinski definition) is 1. The Hall–Kier alpha value is -2.99. The van der Waals surface area contributed by atoms with Gasteiger partial charge in [0.2, 0.25) is 5.95 Å². The van der Waals surface area contributed by atoms with Crippen LogP contribution in [0.25, 0.3) is 21.3 Å². The fraction of sp³-hybridized carbons (Fsp3) is 0.250. The van der Waals surface area contributed by atoms with Crippen molar-refractivity contribution in [3.8, 4) is 11.1 Å². The quantitative estimate of drug-likeness (QED) is 0.377. The van der Waals surface area contributed by atoms with Gasteiger partial charge in [-0.05, 0) is 54.7 Å². The van der Waals surface area contributed by atoms with Gasteiger partial charge in [-0.25, -0.2) is 9.37 Å². The molecule has 0 fully saturated rings. The van der Waals surface area contributed by atoms with E-state index >= 15 is 0 Å². The number of aromatic nitrogens is 2. The van der Waals surface area contributed by atoms with Crippen LogP contribution in [-0.4, -0.2) is 30.6 Å². The Kier molecular flexibility index (Phi) is 5.95. The van der Waals surface area contributed by atoms with Gasteiger partial charge in [-0.3, -0.25) is 0 Å². The SMILES string of the molecule is Cc1cc2c(NCCCc3ccc(-c4ccc(F)cc4)cc3)nc(N(C)C)nc2s1. The number of benzene rings is 2. The molecule has 4 nitrogen and oxygen atoms in total. The number of rotatable bonds is 7. The van der Waals surface area contributed by atoms with Crippen molar-refractivity contribution < 1.29 is 4.39 Å². The Labute approximate surface area is 180 Å². The minimum absolute atomic E-state index is 0.209. The normalized spacial score (nSPS) is 11.1. The Bertz CT molecular complexity index is 1130. The molecule has 0 saturated carbocycles.